The van der Waals surface area contributed by atoms with E-state index in [2.05, 4.69) is 5.32 Å². The lowest BCUT2D eigenvalue weighted by Crippen LogP contribution is -2.42. The summed E-state index contributed by atoms with van der Waals surface area (Å²) >= 11 is 1.85. The van der Waals surface area contributed by atoms with Crippen LogP contribution in [0.2, 0.25) is 0 Å². The number of nitrogens with zero attached hydrogens (tertiary/aromatic N) is 1. The lowest BCUT2D eigenvalue weighted by molar-refractivity contribution is -0.120. The number of amides is 1. The van der Waals surface area contributed by atoms with Gasteiger partial charge in [0, 0.05) is 18.0 Å². The zero-order valence-corrected chi connectivity index (χ0v) is 14.6. The largest absolute Gasteiger partial charge is 0.484 e. The number of aryl methyl sites for hydroxylation is 1. The number of carbonyl (C=O) groups is 1. The molecule has 0 bridgehead atoms. The van der Waals surface area contributed by atoms with Crippen LogP contribution < -0.4 is 15.0 Å². The summed E-state index contributed by atoms with van der Waals surface area (Å²) in [7, 11) is 0. The summed E-state index contributed by atoms with van der Waals surface area (Å²) in [6.45, 7) is 3.70. The van der Waals surface area contributed by atoms with Gasteiger partial charge in [0.2, 0.25) is 0 Å². The highest BCUT2D eigenvalue weighted by atomic mass is 32.2. The minimum absolute atomic E-state index is 0.0314. The molecule has 0 saturated carbocycles. The number of rotatable bonds is 6. The fraction of sp³-hybridized carbons (Fsp3) is 0.316. The van der Waals surface area contributed by atoms with E-state index in [-0.39, 0.29) is 17.9 Å². The van der Waals surface area contributed by atoms with Gasteiger partial charge in [-0.3, -0.25) is 4.79 Å². The molecule has 2 aromatic rings. The van der Waals surface area contributed by atoms with Crippen LogP contribution in [0.25, 0.3) is 0 Å². The fourth-order valence-electron chi connectivity index (χ4n) is 2.58. The third-order valence-electron chi connectivity index (χ3n) is 3.89. The second-order valence-corrected chi connectivity index (χ2v) is 7.07. The predicted molar refractivity (Wildman–Crippen MR) is 99.7 cm³/mol. The molecule has 3 rings (SSSR count). The third-order valence-corrected chi connectivity index (χ3v) is 5.05. The highest BCUT2D eigenvalue weighted by Gasteiger charge is 2.23. The van der Waals surface area contributed by atoms with Crippen molar-refractivity contribution in [3.8, 4) is 5.75 Å². The highest BCUT2D eigenvalue weighted by molar-refractivity contribution is 8.00. The number of nitrogens with one attached hydrogen (secondary N) is 1. The predicted octanol–water partition coefficient (Wildman–Crippen LogP) is 3.07. The Balaban J connectivity index is 1.67. The summed E-state index contributed by atoms with van der Waals surface area (Å²) in [5.41, 5.74) is 2.08. The average Bonchev–Trinajstić information content (AvgIpc) is 3.13. The molecule has 1 heterocycles. The first-order valence-corrected chi connectivity index (χ1v) is 9.17. The minimum Gasteiger partial charge on any atom is -0.484 e. The van der Waals surface area contributed by atoms with Gasteiger partial charge in [0.05, 0.1) is 11.9 Å². The van der Waals surface area contributed by atoms with E-state index in [0.717, 1.165) is 23.7 Å². The molecule has 126 valence electrons. The van der Waals surface area contributed by atoms with Crippen molar-refractivity contribution < 1.29 is 9.53 Å². The average molecular weight is 342 g/mol. The molecule has 1 saturated heterocycles. The molecular formula is C19H22N2O2S. The van der Waals surface area contributed by atoms with Gasteiger partial charge in [-0.1, -0.05) is 35.9 Å². The molecule has 2 aromatic carbocycles. The summed E-state index contributed by atoms with van der Waals surface area (Å²) < 4.78 is 5.67. The lowest BCUT2D eigenvalue weighted by atomic mass is 10.2. The van der Waals surface area contributed by atoms with E-state index in [4.69, 9.17) is 4.74 Å². The van der Waals surface area contributed by atoms with E-state index in [1.807, 2.05) is 78.2 Å². The molecule has 1 unspecified atom stereocenters. The van der Waals surface area contributed by atoms with Crippen LogP contribution in [0, 0.1) is 6.92 Å². The normalized spacial score (nSPS) is 16.8. The molecular weight excluding hydrogens is 320 g/mol. The second-order valence-electron chi connectivity index (χ2n) is 5.76. The standard InChI is InChI=1S/C19H22N2O2S/c1-15-7-9-17(10-8-15)23-14-19(22)21(13-18-20-11-12-24-18)16-5-3-2-4-6-16/h2-10,18,20H,11-14H2,1H3. The molecule has 1 aliphatic heterocycles. The maximum Gasteiger partial charge on any atom is 0.264 e. The van der Waals surface area contributed by atoms with Gasteiger partial charge >= 0.3 is 0 Å². The fourth-order valence-corrected chi connectivity index (χ4v) is 3.59. The molecule has 1 amide bonds. The molecule has 1 atom stereocenters. The maximum absolute atomic E-state index is 12.7. The molecule has 0 aliphatic carbocycles. The van der Waals surface area contributed by atoms with Crippen LogP contribution in [-0.2, 0) is 4.79 Å². The Bertz CT molecular complexity index is 655. The Hall–Kier alpha value is -1.98. The first kappa shape index (κ1) is 16.9. The smallest absolute Gasteiger partial charge is 0.264 e. The minimum atomic E-state index is -0.0314. The van der Waals surface area contributed by atoms with Crippen LogP contribution in [-0.4, -0.2) is 36.7 Å². The monoisotopic (exact) mass is 342 g/mol. The molecule has 5 heteroatoms. The first-order valence-electron chi connectivity index (χ1n) is 8.12. The van der Waals surface area contributed by atoms with Crippen LogP contribution in [0.3, 0.4) is 0 Å². The Morgan fingerprint density at radius 1 is 1.21 bits per heavy atom. The third kappa shape index (κ3) is 4.52. The second kappa shape index (κ2) is 8.22. The van der Waals surface area contributed by atoms with Crippen molar-refractivity contribution in [2.75, 3.05) is 30.3 Å². The molecule has 0 spiro atoms. The summed E-state index contributed by atoms with van der Waals surface area (Å²) in [6.07, 6.45) is 0. The Morgan fingerprint density at radius 2 is 1.96 bits per heavy atom. The van der Waals surface area contributed by atoms with E-state index >= 15 is 0 Å². The van der Waals surface area contributed by atoms with E-state index in [0.29, 0.717) is 6.54 Å². The number of hydrogen-bond donors (Lipinski definition) is 1. The van der Waals surface area contributed by atoms with Crippen molar-refractivity contribution in [2.24, 2.45) is 0 Å². The summed E-state index contributed by atoms with van der Waals surface area (Å²) in [4.78, 5) is 14.5. The van der Waals surface area contributed by atoms with Crippen LogP contribution in [0.15, 0.2) is 54.6 Å². The molecule has 1 aliphatic rings. The van der Waals surface area contributed by atoms with Crippen molar-refractivity contribution in [1.29, 1.82) is 0 Å². The Kier molecular flexibility index (Phi) is 5.77. The molecule has 1 fully saturated rings. The zero-order chi connectivity index (χ0) is 16.8. The molecule has 0 aromatic heterocycles. The van der Waals surface area contributed by atoms with Gasteiger partial charge in [-0.05, 0) is 31.2 Å². The molecule has 4 nitrogen and oxygen atoms in total. The number of benzene rings is 2. The number of hydrogen-bond acceptors (Lipinski definition) is 4. The van der Waals surface area contributed by atoms with Crippen LogP contribution >= 0.6 is 11.8 Å². The van der Waals surface area contributed by atoms with Crippen molar-refractivity contribution in [3.05, 3.63) is 60.2 Å². The van der Waals surface area contributed by atoms with E-state index in [1.54, 1.807) is 0 Å². The van der Waals surface area contributed by atoms with E-state index in [9.17, 15) is 4.79 Å². The SMILES string of the molecule is Cc1ccc(OCC(=O)N(CC2NCCS2)c2ccccc2)cc1. The Labute approximate surface area is 147 Å². The van der Waals surface area contributed by atoms with Crippen LogP contribution in [0.1, 0.15) is 5.56 Å². The van der Waals surface area contributed by atoms with Gasteiger partial charge < -0.3 is 15.0 Å². The van der Waals surface area contributed by atoms with Gasteiger partial charge in [0.25, 0.3) is 5.91 Å². The quantitative estimate of drug-likeness (QED) is 0.876. The number of anilines is 1. The molecule has 1 N–H and O–H groups in total. The van der Waals surface area contributed by atoms with Gasteiger partial charge in [-0.2, -0.15) is 0 Å². The number of ether oxygens (including phenoxy) is 1. The van der Waals surface area contributed by atoms with Crippen LogP contribution in [0.4, 0.5) is 5.69 Å². The number of thioether (sulfide) groups is 1. The van der Waals surface area contributed by atoms with Crippen molar-refractivity contribution in [2.45, 2.75) is 12.3 Å². The van der Waals surface area contributed by atoms with E-state index < -0.39 is 0 Å². The van der Waals surface area contributed by atoms with Gasteiger partial charge in [-0.15, -0.1) is 11.8 Å². The van der Waals surface area contributed by atoms with E-state index in [1.165, 1.54) is 5.56 Å². The van der Waals surface area contributed by atoms with Crippen LogP contribution in [0.5, 0.6) is 5.75 Å². The van der Waals surface area contributed by atoms with Crippen molar-refractivity contribution in [1.82, 2.24) is 5.32 Å². The first-order chi connectivity index (χ1) is 11.7. The van der Waals surface area contributed by atoms with Crippen molar-refractivity contribution >= 4 is 23.4 Å². The summed E-state index contributed by atoms with van der Waals surface area (Å²) in [6, 6.07) is 17.5. The summed E-state index contributed by atoms with van der Waals surface area (Å²) in [5, 5.41) is 3.69. The highest BCUT2D eigenvalue weighted by Crippen LogP contribution is 2.20. The lowest BCUT2D eigenvalue weighted by Gasteiger charge is -2.25. The molecule has 0 radical (unpaired) electrons. The Morgan fingerprint density at radius 3 is 2.62 bits per heavy atom. The van der Waals surface area contributed by atoms with Gasteiger partial charge in [0.1, 0.15) is 5.75 Å². The number of para-hydroxylation sites is 1. The summed E-state index contributed by atoms with van der Waals surface area (Å²) in [5.74, 6) is 1.77. The molecule has 24 heavy (non-hydrogen) atoms. The maximum atomic E-state index is 12.7. The number of carbonyl (C=O) groups excluding carboxylic acids is 1. The topological polar surface area (TPSA) is 41.6 Å². The zero-order valence-electron chi connectivity index (χ0n) is 13.8. The van der Waals surface area contributed by atoms with Gasteiger partial charge in [-0.25, -0.2) is 0 Å². The van der Waals surface area contributed by atoms with Gasteiger partial charge in [0.15, 0.2) is 6.61 Å². The van der Waals surface area contributed by atoms with Crippen molar-refractivity contribution in [3.63, 3.8) is 0 Å².